The van der Waals surface area contributed by atoms with Gasteiger partial charge in [-0.05, 0) is 64.2 Å². The van der Waals surface area contributed by atoms with Crippen LogP contribution >= 0.6 is 0 Å². The Balaban J connectivity index is 2.59. The van der Waals surface area contributed by atoms with Gasteiger partial charge < -0.3 is 45.1 Å². The second-order valence-electron chi connectivity index (χ2n) is 22.5. The van der Waals surface area contributed by atoms with Crippen LogP contribution in [-0.4, -0.2) is 99.6 Å². The van der Waals surface area contributed by atoms with Crippen LogP contribution in [0.4, 0.5) is 0 Å². The number of hydrogen-bond donors (Lipinski definition) is 6. The summed E-state index contributed by atoms with van der Waals surface area (Å²) in [6.07, 6.45) is 55.8. The van der Waals surface area contributed by atoms with Gasteiger partial charge in [-0.1, -0.05) is 275 Å². The zero-order valence-corrected chi connectivity index (χ0v) is 49.8. The Morgan fingerprint density at radius 1 is 0.506 bits per heavy atom. The van der Waals surface area contributed by atoms with E-state index in [9.17, 15) is 35.1 Å². The van der Waals surface area contributed by atoms with Gasteiger partial charge in [0.1, 0.15) is 24.4 Å². The van der Waals surface area contributed by atoms with E-state index in [1.54, 1.807) is 6.08 Å². The minimum absolute atomic E-state index is 0.127. The van der Waals surface area contributed by atoms with Crippen molar-refractivity contribution in [2.45, 2.75) is 346 Å². The van der Waals surface area contributed by atoms with Gasteiger partial charge in [-0.2, -0.15) is 0 Å². The summed E-state index contributed by atoms with van der Waals surface area (Å²) in [5.41, 5.74) is 0. The summed E-state index contributed by atoms with van der Waals surface area (Å²) in [5, 5.41) is 57.0. The summed E-state index contributed by atoms with van der Waals surface area (Å²) in [5.74, 6) is -1.19. The number of aliphatic hydroxyl groups is 5. The SMILES string of the molecule is CCCCC/C=C\C/C=C\C/C=C\CCCCCCCCCCCCCC(O)C(=O)NC(COC1OC(CO)C(O)C(O)C1OC(=O)CCCCCCCCCCCCCCC)C(O)/C=C/CCCCCCCCCCC. The fourth-order valence-electron chi connectivity index (χ4n) is 10.1. The first-order valence-electron chi connectivity index (χ1n) is 32.4. The summed E-state index contributed by atoms with van der Waals surface area (Å²) >= 11 is 0. The van der Waals surface area contributed by atoms with Crippen LogP contribution in [0.5, 0.6) is 0 Å². The molecule has 0 radical (unpaired) electrons. The third-order valence-corrected chi connectivity index (χ3v) is 15.2. The fraction of sp³-hybridized carbons (Fsp3) is 0.848. The second kappa shape index (κ2) is 54.2. The molecule has 0 saturated carbocycles. The van der Waals surface area contributed by atoms with E-state index >= 15 is 0 Å². The lowest BCUT2D eigenvalue weighted by Crippen LogP contribution is -2.61. The zero-order valence-electron chi connectivity index (χ0n) is 49.8. The highest BCUT2D eigenvalue weighted by Gasteiger charge is 2.47. The van der Waals surface area contributed by atoms with E-state index in [2.05, 4.69) is 62.5 Å². The van der Waals surface area contributed by atoms with E-state index < -0.39 is 67.4 Å². The lowest BCUT2D eigenvalue weighted by atomic mass is 9.99. The van der Waals surface area contributed by atoms with Gasteiger partial charge in [-0.15, -0.1) is 0 Å². The molecule has 450 valence electrons. The van der Waals surface area contributed by atoms with Crippen molar-refractivity contribution in [3.63, 3.8) is 0 Å². The van der Waals surface area contributed by atoms with Crippen LogP contribution in [0.25, 0.3) is 0 Å². The van der Waals surface area contributed by atoms with Crippen molar-refractivity contribution < 1.29 is 49.3 Å². The van der Waals surface area contributed by atoms with Crippen LogP contribution in [0.3, 0.4) is 0 Å². The summed E-state index contributed by atoms with van der Waals surface area (Å²) in [6, 6.07) is -1.02. The Kier molecular flexibility index (Phi) is 51.1. The molecule has 1 amide bonds. The number of allylic oxidation sites excluding steroid dienone is 7. The van der Waals surface area contributed by atoms with Crippen LogP contribution in [-0.2, 0) is 23.8 Å². The molecule has 6 N–H and O–H groups in total. The molecule has 1 aliphatic heterocycles. The highest BCUT2D eigenvalue weighted by atomic mass is 16.7. The fourth-order valence-corrected chi connectivity index (χ4v) is 10.1. The molecule has 11 heteroatoms. The number of nitrogens with one attached hydrogen (secondary N) is 1. The molecule has 1 saturated heterocycles. The molecule has 0 aromatic heterocycles. The van der Waals surface area contributed by atoms with Crippen LogP contribution in [0, 0.1) is 0 Å². The van der Waals surface area contributed by atoms with Gasteiger partial charge in [-0.25, -0.2) is 0 Å². The van der Waals surface area contributed by atoms with Crippen molar-refractivity contribution in [2.24, 2.45) is 0 Å². The molecule has 11 nitrogen and oxygen atoms in total. The molecule has 0 aromatic rings. The molecule has 1 heterocycles. The van der Waals surface area contributed by atoms with Crippen molar-refractivity contribution >= 4 is 11.9 Å². The van der Waals surface area contributed by atoms with E-state index in [-0.39, 0.29) is 19.4 Å². The zero-order chi connectivity index (χ0) is 56.1. The normalized spacial score (nSPS) is 19.3. The molecule has 0 bridgehead atoms. The van der Waals surface area contributed by atoms with Gasteiger partial charge in [0.25, 0.3) is 0 Å². The average Bonchev–Trinajstić information content (AvgIpc) is 3.44. The molecule has 0 spiro atoms. The number of aliphatic hydroxyl groups excluding tert-OH is 5. The van der Waals surface area contributed by atoms with E-state index in [0.717, 1.165) is 77.0 Å². The molecular formula is C66H121NO10. The summed E-state index contributed by atoms with van der Waals surface area (Å²) in [7, 11) is 0. The smallest absolute Gasteiger partial charge is 0.306 e. The highest BCUT2D eigenvalue weighted by molar-refractivity contribution is 5.80. The number of carbonyl (C=O) groups is 2. The third kappa shape index (κ3) is 42.2. The van der Waals surface area contributed by atoms with E-state index in [1.807, 2.05) is 6.08 Å². The Hall–Kier alpha value is -2.38. The Morgan fingerprint density at radius 3 is 1.36 bits per heavy atom. The molecule has 1 aliphatic rings. The first kappa shape index (κ1) is 72.6. The van der Waals surface area contributed by atoms with Crippen LogP contribution in [0.2, 0.25) is 0 Å². The van der Waals surface area contributed by atoms with Crippen molar-refractivity contribution in [2.75, 3.05) is 13.2 Å². The highest BCUT2D eigenvalue weighted by Crippen LogP contribution is 2.26. The molecule has 8 unspecified atom stereocenters. The molecular weight excluding hydrogens is 967 g/mol. The topological polar surface area (TPSA) is 175 Å². The first-order chi connectivity index (χ1) is 37.7. The standard InChI is InChI=1S/C66H121NO10/c1-4-7-10-13-16-19-22-24-25-26-27-28-29-30-31-32-33-34-36-38-41-44-47-50-53-59(70)65(74)67-57(58(69)52-49-46-43-40-37-21-18-15-12-9-6-3)56-75-66-64(63(73)62(72)60(55-68)76-66)77-61(71)54-51-48-45-42-39-35-23-20-17-14-11-8-5-2/h16,19,24-25,27-28,49,52,57-60,62-64,66,68-70,72-73H,4-15,17-18,20-23,26,29-48,50-51,53-56H2,1-3H3,(H,67,74)/b19-16-,25-24-,28-27-,52-49+. The van der Waals surface area contributed by atoms with Crippen LogP contribution in [0.1, 0.15) is 297 Å². The van der Waals surface area contributed by atoms with Gasteiger partial charge in [-0.3, -0.25) is 9.59 Å². The Labute approximate surface area is 472 Å². The molecule has 77 heavy (non-hydrogen) atoms. The summed E-state index contributed by atoms with van der Waals surface area (Å²) in [6.45, 7) is 5.77. The number of ether oxygens (including phenoxy) is 3. The average molecular weight is 1090 g/mol. The van der Waals surface area contributed by atoms with Gasteiger partial charge in [0.05, 0.1) is 25.4 Å². The van der Waals surface area contributed by atoms with Crippen LogP contribution in [0.15, 0.2) is 48.6 Å². The Bertz CT molecular complexity index is 1440. The number of amides is 1. The summed E-state index contributed by atoms with van der Waals surface area (Å²) in [4.78, 5) is 26.5. The maximum Gasteiger partial charge on any atom is 0.306 e. The predicted octanol–water partition coefficient (Wildman–Crippen LogP) is 15.6. The van der Waals surface area contributed by atoms with Crippen molar-refractivity contribution in [1.82, 2.24) is 5.32 Å². The van der Waals surface area contributed by atoms with Gasteiger partial charge >= 0.3 is 5.97 Å². The first-order valence-corrected chi connectivity index (χ1v) is 32.4. The molecule has 1 fully saturated rings. The van der Waals surface area contributed by atoms with E-state index in [0.29, 0.717) is 12.8 Å². The molecule has 8 atom stereocenters. The number of rotatable bonds is 55. The van der Waals surface area contributed by atoms with Crippen molar-refractivity contribution in [3.8, 4) is 0 Å². The maximum absolute atomic E-state index is 13.4. The second-order valence-corrected chi connectivity index (χ2v) is 22.5. The minimum Gasteiger partial charge on any atom is -0.454 e. The lowest BCUT2D eigenvalue weighted by Gasteiger charge is -2.41. The van der Waals surface area contributed by atoms with E-state index in [4.69, 9.17) is 14.2 Å². The van der Waals surface area contributed by atoms with Gasteiger partial charge in [0, 0.05) is 6.42 Å². The number of hydrogen-bond acceptors (Lipinski definition) is 10. The Morgan fingerprint density at radius 2 is 0.896 bits per heavy atom. The molecule has 1 rings (SSSR count). The van der Waals surface area contributed by atoms with Gasteiger partial charge in [0.2, 0.25) is 5.91 Å². The van der Waals surface area contributed by atoms with Crippen molar-refractivity contribution in [1.29, 1.82) is 0 Å². The maximum atomic E-state index is 13.4. The van der Waals surface area contributed by atoms with Crippen molar-refractivity contribution in [3.05, 3.63) is 48.6 Å². The lowest BCUT2D eigenvalue weighted by molar-refractivity contribution is -0.305. The predicted molar refractivity (Wildman–Crippen MR) is 320 cm³/mol. The quantitative estimate of drug-likeness (QED) is 0.0195. The minimum atomic E-state index is -1.61. The monoisotopic (exact) mass is 1090 g/mol. The number of unbranched alkanes of at least 4 members (excludes halogenated alkanes) is 35. The van der Waals surface area contributed by atoms with Gasteiger partial charge in [0.15, 0.2) is 12.4 Å². The van der Waals surface area contributed by atoms with Crippen LogP contribution < -0.4 is 5.32 Å². The summed E-state index contributed by atoms with van der Waals surface area (Å²) < 4.78 is 17.6. The van der Waals surface area contributed by atoms with E-state index in [1.165, 1.54) is 173 Å². The molecule has 0 aliphatic carbocycles. The third-order valence-electron chi connectivity index (χ3n) is 15.2. The largest absolute Gasteiger partial charge is 0.454 e. The number of carbonyl (C=O) groups excluding carboxylic acids is 2. The molecule has 0 aromatic carbocycles. The number of esters is 1.